The van der Waals surface area contributed by atoms with Gasteiger partial charge in [0, 0.05) is 6.42 Å². The van der Waals surface area contributed by atoms with Crippen molar-refractivity contribution in [2.45, 2.75) is 82.8 Å². The summed E-state index contributed by atoms with van der Waals surface area (Å²) < 4.78 is 0.188. The maximum absolute atomic E-state index is 4.89. The lowest BCUT2D eigenvalue weighted by molar-refractivity contribution is 0.657. The van der Waals surface area contributed by atoms with Crippen LogP contribution in [-0.2, 0) is 0 Å². The van der Waals surface area contributed by atoms with Crippen molar-refractivity contribution >= 4 is 23.3 Å². The maximum atomic E-state index is 4.89. The lowest BCUT2D eigenvalue weighted by atomic mass is 9.95. The zero-order valence-corrected chi connectivity index (χ0v) is 15.5. The van der Waals surface area contributed by atoms with E-state index in [4.69, 9.17) is 9.98 Å². The molecule has 0 amide bonds. The zero-order chi connectivity index (χ0) is 15.8. The van der Waals surface area contributed by atoms with Crippen molar-refractivity contribution in [3.05, 3.63) is 11.6 Å². The fourth-order valence-electron chi connectivity index (χ4n) is 3.30. The summed E-state index contributed by atoms with van der Waals surface area (Å²) in [5.74, 6) is 1.10. The molecule has 0 saturated heterocycles. The van der Waals surface area contributed by atoms with Crippen LogP contribution in [0.4, 0.5) is 0 Å². The van der Waals surface area contributed by atoms with Gasteiger partial charge in [0.1, 0.15) is 5.84 Å². The van der Waals surface area contributed by atoms with Crippen molar-refractivity contribution in [1.29, 1.82) is 0 Å². The van der Waals surface area contributed by atoms with Crippen LogP contribution < -0.4 is 0 Å². The highest BCUT2D eigenvalue weighted by atomic mass is 32.2. The van der Waals surface area contributed by atoms with Crippen LogP contribution in [0.1, 0.15) is 78.1 Å². The van der Waals surface area contributed by atoms with Crippen molar-refractivity contribution < 1.29 is 0 Å². The summed E-state index contributed by atoms with van der Waals surface area (Å²) in [4.78, 5) is 9.59. The molecule has 1 aliphatic carbocycles. The van der Waals surface area contributed by atoms with Gasteiger partial charge in [-0.25, -0.2) is 4.99 Å². The van der Waals surface area contributed by atoms with Crippen LogP contribution in [0.15, 0.2) is 21.6 Å². The number of nitrogens with zero attached hydrogens (tertiary/aromatic N) is 2. The summed E-state index contributed by atoms with van der Waals surface area (Å²) in [5.41, 5.74) is 2.98. The molecule has 2 nitrogen and oxygen atoms in total. The van der Waals surface area contributed by atoms with Gasteiger partial charge in [0.05, 0.1) is 17.0 Å². The number of rotatable bonds is 9. The molecule has 22 heavy (non-hydrogen) atoms. The van der Waals surface area contributed by atoms with Gasteiger partial charge in [0.25, 0.3) is 0 Å². The smallest absolute Gasteiger partial charge is 0.123 e. The van der Waals surface area contributed by atoms with Crippen molar-refractivity contribution in [3.8, 4) is 0 Å². The highest BCUT2D eigenvalue weighted by molar-refractivity contribution is 8.00. The van der Waals surface area contributed by atoms with Crippen molar-refractivity contribution in [2.75, 3.05) is 12.8 Å². The van der Waals surface area contributed by atoms with Crippen molar-refractivity contribution in [2.24, 2.45) is 9.98 Å². The van der Waals surface area contributed by atoms with Crippen molar-refractivity contribution in [3.63, 3.8) is 0 Å². The number of thioether (sulfide) groups is 1. The summed E-state index contributed by atoms with van der Waals surface area (Å²) in [6, 6.07) is 0. The maximum Gasteiger partial charge on any atom is 0.123 e. The molecule has 0 bridgehead atoms. The van der Waals surface area contributed by atoms with E-state index >= 15 is 0 Å². The second kappa shape index (κ2) is 8.90. The first-order chi connectivity index (χ1) is 10.7. The normalized spacial score (nSPS) is 21.1. The summed E-state index contributed by atoms with van der Waals surface area (Å²) in [5, 5.41) is 0. The van der Waals surface area contributed by atoms with E-state index in [2.05, 4.69) is 26.2 Å². The van der Waals surface area contributed by atoms with E-state index in [0.29, 0.717) is 0 Å². The second-order valence-electron chi connectivity index (χ2n) is 6.79. The Hall–Kier alpha value is -0.570. The van der Waals surface area contributed by atoms with Crippen LogP contribution in [0.2, 0.25) is 0 Å². The minimum absolute atomic E-state index is 0.188. The third-order valence-corrected chi connectivity index (χ3v) is 6.37. The Morgan fingerprint density at radius 1 is 1.23 bits per heavy atom. The molecule has 3 heteroatoms. The molecule has 2 rings (SSSR count). The van der Waals surface area contributed by atoms with E-state index in [-0.39, 0.29) is 4.75 Å². The van der Waals surface area contributed by atoms with Gasteiger partial charge in [-0.05, 0) is 58.1 Å². The standard InChI is InChI=1S/C19H32N2S/c1-4-5-14-19(2,22-3)17-15-20-18(21-17)13-9-12-16-10-7-6-8-11-16/h10H,4-9,11-15H2,1-3H3. The lowest BCUT2D eigenvalue weighted by Crippen LogP contribution is -2.32. The van der Waals surface area contributed by atoms with Gasteiger partial charge in [0.15, 0.2) is 0 Å². The minimum atomic E-state index is 0.188. The second-order valence-corrected chi connectivity index (χ2v) is 8.10. The fraction of sp³-hybridized carbons (Fsp3) is 0.789. The van der Waals surface area contributed by atoms with Crippen LogP contribution in [0.5, 0.6) is 0 Å². The molecule has 0 aromatic carbocycles. The predicted octanol–water partition coefficient (Wildman–Crippen LogP) is 5.82. The first kappa shape index (κ1) is 17.8. The number of aliphatic imine (C=N–C) groups is 2. The summed E-state index contributed by atoms with van der Waals surface area (Å²) in [6.07, 6.45) is 17.3. The first-order valence-electron chi connectivity index (χ1n) is 9.02. The molecular formula is C19H32N2S. The van der Waals surface area contributed by atoms with E-state index in [0.717, 1.165) is 18.8 Å². The van der Waals surface area contributed by atoms with Gasteiger partial charge in [-0.1, -0.05) is 31.4 Å². The molecule has 0 saturated carbocycles. The van der Waals surface area contributed by atoms with E-state index in [9.17, 15) is 0 Å². The predicted molar refractivity (Wildman–Crippen MR) is 102 cm³/mol. The van der Waals surface area contributed by atoms with Crippen LogP contribution in [0.3, 0.4) is 0 Å². The highest BCUT2D eigenvalue weighted by Gasteiger charge is 2.31. The molecule has 1 atom stereocenters. The molecule has 2 aliphatic rings. The third kappa shape index (κ3) is 4.97. The Kier molecular flexibility index (Phi) is 7.20. The number of hydrogen-bond donors (Lipinski definition) is 0. The van der Waals surface area contributed by atoms with E-state index in [1.165, 1.54) is 63.5 Å². The van der Waals surface area contributed by atoms with Gasteiger partial charge < -0.3 is 0 Å². The Bertz CT molecular complexity index is 450. The summed E-state index contributed by atoms with van der Waals surface area (Å²) >= 11 is 1.94. The Balaban J connectivity index is 1.81. The molecule has 0 N–H and O–H groups in total. The third-order valence-electron chi connectivity index (χ3n) is 5.03. The van der Waals surface area contributed by atoms with Gasteiger partial charge in [0.2, 0.25) is 0 Å². The van der Waals surface area contributed by atoms with Crippen LogP contribution >= 0.6 is 11.8 Å². The number of allylic oxidation sites excluding steroid dienone is 2. The molecule has 0 spiro atoms. The Morgan fingerprint density at radius 2 is 2.09 bits per heavy atom. The Labute approximate surface area is 141 Å². The molecular weight excluding hydrogens is 288 g/mol. The minimum Gasteiger partial charge on any atom is -0.264 e. The zero-order valence-electron chi connectivity index (χ0n) is 14.7. The molecule has 124 valence electrons. The van der Waals surface area contributed by atoms with Gasteiger partial charge in [-0.3, -0.25) is 4.99 Å². The molecule has 0 radical (unpaired) electrons. The van der Waals surface area contributed by atoms with E-state index in [1.807, 2.05) is 11.8 Å². The molecule has 1 unspecified atom stereocenters. The quantitative estimate of drug-likeness (QED) is 0.491. The molecule has 1 heterocycles. The van der Waals surface area contributed by atoms with Gasteiger partial charge >= 0.3 is 0 Å². The van der Waals surface area contributed by atoms with Crippen LogP contribution in [-0.4, -0.2) is 29.1 Å². The summed E-state index contributed by atoms with van der Waals surface area (Å²) in [7, 11) is 0. The van der Waals surface area contributed by atoms with Crippen LogP contribution in [0.25, 0.3) is 0 Å². The average molecular weight is 321 g/mol. The largest absolute Gasteiger partial charge is 0.264 e. The van der Waals surface area contributed by atoms with Crippen LogP contribution in [0, 0.1) is 0 Å². The van der Waals surface area contributed by atoms with Gasteiger partial charge in [-0.2, -0.15) is 11.8 Å². The molecule has 0 aromatic heterocycles. The van der Waals surface area contributed by atoms with Crippen molar-refractivity contribution in [1.82, 2.24) is 0 Å². The first-order valence-corrected chi connectivity index (χ1v) is 10.2. The van der Waals surface area contributed by atoms with Gasteiger partial charge in [-0.15, -0.1) is 0 Å². The topological polar surface area (TPSA) is 24.7 Å². The monoisotopic (exact) mass is 320 g/mol. The fourth-order valence-corrected chi connectivity index (χ4v) is 3.99. The lowest BCUT2D eigenvalue weighted by Gasteiger charge is -2.27. The molecule has 1 aliphatic heterocycles. The Morgan fingerprint density at radius 3 is 2.77 bits per heavy atom. The van der Waals surface area contributed by atoms with E-state index < -0.39 is 0 Å². The average Bonchev–Trinajstić information content (AvgIpc) is 3.03. The summed E-state index contributed by atoms with van der Waals surface area (Å²) in [6.45, 7) is 5.44. The van der Waals surface area contributed by atoms with E-state index in [1.54, 1.807) is 5.57 Å². The highest BCUT2D eigenvalue weighted by Crippen LogP contribution is 2.32. The number of amidine groups is 1. The SMILES string of the molecule is CCCCC(C)(SC)C1=NC(CCCC2=CCCCC2)=NC1. The molecule has 0 aromatic rings. The number of hydrogen-bond acceptors (Lipinski definition) is 3. The number of unbranched alkanes of at least 4 members (excludes halogenated alkanes) is 1. The molecule has 0 fully saturated rings.